The second-order valence-electron chi connectivity index (χ2n) is 4.67. The van der Waals surface area contributed by atoms with Gasteiger partial charge < -0.3 is 5.73 Å². The zero-order valence-corrected chi connectivity index (χ0v) is 11.4. The number of carbonyl (C=O) groups is 1. The standard InChI is InChI=1S/C9H19ClN2O3S/c1-7(5-10)6-16(14,15)12-9(2,3)4-8(11)13/h7,12H,4-6H2,1-3H3,(H2,11,13). The minimum absolute atomic E-state index is 0.0402. The molecule has 0 aliphatic carbocycles. The molecule has 0 rings (SSSR count). The molecule has 0 aromatic rings. The van der Waals surface area contributed by atoms with Crippen LogP contribution in [0, 0.1) is 5.92 Å². The van der Waals surface area contributed by atoms with Crippen molar-refractivity contribution in [2.75, 3.05) is 11.6 Å². The van der Waals surface area contributed by atoms with Crippen LogP contribution in [0.3, 0.4) is 0 Å². The van der Waals surface area contributed by atoms with Crippen molar-refractivity contribution >= 4 is 27.5 Å². The normalized spacial score (nSPS) is 14.8. The van der Waals surface area contributed by atoms with Crippen LogP contribution in [0.15, 0.2) is 0 Å². The van der Waals surface area contributed by atoms with Crippen LogP contribution in [-0.2, 0) is 14.8 Å². The molecule has 1 unspecified atom stereocenters. The van der Waals surface area contributed by atoms with Crippen LogP contribution in [0.25, 0.3) is 0 Å². The van der Waals surface area contributed by atoms with Crippen LogP contribution in [0.4, 0.5) is 0 Å². The Balaban J connectivity index is 4.52. The Labute approximate surface area is 102 Å². The van der Waals surface area contributed by atoms with Gasteiger partial charge >= 0.3 is 0 Å². The molecule has 0 aromatic carbocycles. The number of hydrogen-bond donors (Lipinski definition) is 2. The number of nitrogens with two attached hydrogens (primary N) is 1. The molecule has 0 bridgehead atoms. The van der Waals surface area contributed by atoms with E-state index in [1.54, 1.807) is 20.8 Å². The summed E-state index contributed by atoms with van der Waals surface area (Å²) >= 11 is 5.55. The summed E-state index contributed by atoms with van der Waals surface area (Å²) in [5, 5.41) is 0. The topological polar surface area (TPSA) is 89.3 Å². The smallest absolute Gasteiger partial charge is 0.219 e. The highest BCUT2D eigenvalue weighted by molar-refractivity contribution is 7.89. The molecule has 0 aliphatic rings. The largest absolute Gasteiger partial charge is 0.370 e. The van der Waals surface area contributed by atoms with E-state index in [0.717, 1.165) is 0 Å². The summed E-state index contributed by atoms with van der Waals surface area (Å²) < 4.78 is 25.8. The van der Waals surface area contributed by atoms with E-state index < -0.39 is 21.5 Å². The van der Waals surface area contributed by atoms with Crippen molar-refractivity contribution in [1.29, 1.82) is 0 Å². The lowest BCUT2D eigenvalue weighted by molar-refractivity contribution is -0.119. The second kappa shape index (κ2) is 5.84. The summed E-state index contributed by atoms with van der Waals surface area (Å²) in [4.78, 5) is 10.7. The summed E-state index contributed by atoms with van der Waals surface area (Å²) in [6.07, 6.45) is -0.0402. The Morgan fingerprint density at radius 1 is 1.50 bits per heavy atom. The molecular weight excluding hydrogens is 252 g/mol. The Morgan fingerprint density at radius 3 is 2.38 bits per heavy atom. The molecule has 0 fully saturated rings. The number of carbonyl (C=O) groups excluding carboxylic acids is 1. The molecule has 0 saturated heterocycles. The minimum atomic E-state index is -3.44. The number of amides is 1. The fourth-order valence-electron chi connectivity index (χ4n) is 1.35. The van der Waals surface area contributed by atoms with E-state index in [2.05, 4.69) is 4.72 Å². The average molecular weight is 271 g/mol. The van der Waals surface area contributed by atoms with E-state index in [4.69, 9.17) is 17.3 Å². The first kappa shape index (κ1) is 15.7. The third-order valence-electron chi connectivity index (χ3n) is 1.82. The van der Waals surface area contributed by atoms with Gasteiger partial charge in [-0.25, -0.2) is 13.1 Å². The number of nitrogens with one attached hydrogen (secondary N) is 1. The lowest BCUT2D eigenvalue weighted by atomic mass is 10.0. The fourth-order valence-corrected chi connectivity index (χ4v) is 3.46. The van der Waals surface area contributed by atoms with Crippen LogP contribution in [0.1, 0.15) is 27.2 Å². The van der Waals surface area contributed by atoms with Crippen LogP contribution < -0.4 is 10.5 Å². The Morgan fingerprint density at radius 2 is 2.00 bits per heavy atom. The summed E-state index contributed by atoms with van der Waals surface area (Å²) in [7, 11) is -3.44. The lowest BCUT2D eigenvalue weighted by Gasteiger charge is -2.25. The highest BCUT2D eigenvalue weighted by Crippen LogP contribution is 2.11. The van der Waals surface area contributed by atoms with Gasteiger partial charge in [0.05, 0.1) is 5.75 Å². The van der Waals surface area contributed by atoms with Gasteiger partial charge in [0.15, 0.2) is 0 Å². The number of primary amides is 1. The Hall–Kier alpha value is -0.330. The average Bonchev–Trinajstić information content (AvgIpc) is 1.97. The lowest BCUT2D eigenvalue weighted by Crippen LogP contribution is -2.47. The summed E-state index contributed by atoms with van der Waals surface area (Å²) in [6, 6.07) is 0. The van der Waals surface area contributed by atoms with Crippen LogP contribution in [0.5, 0.6) is 0 Å². The molecule has 7 heteroatoms. The van der Waals surface area contributed by atoms with E-state index in [1.807, 2.05) is 0 Å². The van der Waals surface area contributed by atoms with Crippen LogP contribution in [0.2, 0.25) is 0 Å². The maximum atomic E-state index is 11.7. The van der Waals surface area contributed by atoms with E-state index in [-0.39, 0.29) is 24.0 Å². The number of alkyl halides is 1. The van der Waals surface area contributed by atoms with E-state index in [9.17, 15) is 13.2 Å². The molecule has 16 heavy (non-hydrogen) atoms. The first-order valence-corrected chi connectivity index (χ1v) is 7.12. The number of sulfonamides is 1. The van der Waals surface area contributed by atoms with Gasteiger partial charge in [-0.1, -0.05) is 6.92 Å². The van der Waals surface area contributed by atoms with Gasteiger partial charge in [-0.2, -0.15) is 0 Å². The van der Waals surface area contributed by atoms with E-state index in [1.165, 1.54) is 0 Å². The van der Waals surface area contributed by atoms with Crippen molar-refractivity contribution < 1.29 is 13.2 Å². The predicted molar refractivity (Wildman–Crippen MR) is 64.7 cm³/mol. The Bertz CT molecular complexity index is 341. The van der Waals surface area contributed by atoms with Crippen molar-refractivity contribution in [2.45, 2.75) is 32.7 Å². The minimum Gasteiger partial charge on any atom is -0.370 e. The second-order valence-corrected chi connectivity index (χ2v) is 6.75. The molecule has 0 saturated carbocycles. The molecule has 0 heterocycles. The summed E-state index contributed by atoms with van der Waals surface area (Å²) in [5.74, 6) is -0.461. The van der Waals surface area contributed by atoms with Crippen molar-refractivity contribution in [3.8, 4) is 0 Å². The molecule has 96 valence electrons. The van der Waals surface area contributed by atoms with Crippen molar-refractivity contribution in [2.24, 2.45) is 11.7 Å². The van der Waals surface area contributed by atoms with Gasteiger partial charge in [0.25, 0.3) is 0 Å². The molecule has 0 spiro atoms. The van der Waals surface area contributed by atoms with Crippen molar-refractivity contribution in [3.63, 3.8) is 0 Å². The first-order chi connectivity index (χ1) is 7.08. The van der Waals surface area contributed by atoms with Gasteiger partial charge in [0.2, 0.25) is 15.9 Å². The van der Waals surface area contributed by atoms with E-state index in [0.29, 0.717) is 0 Å². The summed E-state index contributed by atoms with van der Waals surface area (Å²) in [5.41, 5.74) is 4.17. The molecule has 0 aliphatic heterocycles. The summed E-state index contributed by atoms with van der Waals surface area (Å²) in [6.45, 7) is 4.97. The zero-order valence-electron chi connectivity index (χ0n) is 9.79. The van der Waals surface area contributed by atoms with Gasteiger partial charge in [-0.15, -0.1) is 11.6 Å². The quantitative estimate of drug-likeness (QED) is 0.658. The first-order valence-electron chi connectivity index (χ1n) is 4.94. The number of halogens is 1. The predicted octanol–water partition coefficient (Wildman–Crippen LogP) is 0.435. The highest BCUT2D eigenvalue weighted by atomic mass is 35.5. The maximum absolute atomic E-state index is 11.7. The SMILES string of the molecule is CC(CCl)CS(=O)(=O)NC(C)(C)CC(N)=O. The van der Waals surface area contributed by atoms with E-state index >= 15 is 0 Å². The molecule has 0 aromatic heterocycles. The fraction of sp³-hybridized carbons (Fsp3) is 0.889. The molecule has 1 atom stereocenters. The van der Waals surface area contributed by atoms with Crippen LogP contribution in [-0.4, -0.2) is 31.5 Å². The van der Waals surface area contributed by atoms with Crippen molar-refractivity contribution in [3.05, 3.63) is 0 Å². The third-order valence-corrected chi connectivity index (χ3v) is 4.21. The van der Waals surface area contributed by atoms with Gasteiger partial charge in [-0.05, 0) is 19.8 Å². The van der Waals surface area contributed by atoms with Gasteiger partial charge in [-0.3, -0.25) is 4.79 Å². The number of rotatable bonds is 7. The van der Waals surface area contributed by atoms with Gasteiger partial charge in [0, 0.05) is 17.8 Å². The van der Waals surface area contributed by atoms with Crippen LogP contribution >= 0.6 is 11.6 Å². The molecular formula is C9H19ClN2O3S. The van der Waals surface area contributed by atoms with Gasteiger partial charge in [0.1, 0.15) is 0 Å². The molecule has 0 radical (unpaired) electrons. The van der Waals surface area contributed by atoms with Crippen molar-refractivity contribution in [1.82, 2.24) is 4.72 Å². The molecule has 3 N–H and O–H groups in total. The molecule has 5 nitrogen and oxygen atoms in total. The highest BCUT2D eigenvalue weighted by Gasteiger charge is 2.27. The molecule has 1 amide bonds. The maximum Gasteiger partial charge on any atom is 0.219 e. The Kier molecular flexibility index (Phi) is 5.72. The zero-order chi connectivity index (χ0) is 13.0. The monoisotopic (exact) mass is 270 g/mol. The number of hydrogen-bond acceptors (Lipinski definition) is 3. The third kappa shape index (κ3) is 7.03.